The summed E-state index contributed by atoms with van der Waals surface area (Å²) < 4.78 is 40.6. The summed E-state index contributed by atoms with van der Waals surface area (Å²) in [6.45, 7) is 0.907. The number of hydrogen-bond donors (Lipinski definition) is 1. The maximum atomic E-state index is 12.0. The average Bonchev–Trinajstić information content (AvgIpc) is 3.54. The minimum absolute atomic E-state index is 0.0181. The van der Waals surface area contributed by atoms with E-state index in [1.807, 2.05) is 62.8 Å². The van der Waals surface area contributed by atoms with Crippen LogP contribution >= 0.6 is 0 Å². The standard InChI is InChI=1S/C37H33N2O7/c1-38-11-9-23-17-29(41-3)30-19-26(23)27(38)13-21-5-7-25(8-6-21)45-33-16-22(15-32-36(33)44-20-43-32)14-28-34-24(10-12-39(28)2)18-31(42-4)37(46-30)35(34)40/h5-9,11,15-19H,10,12-14,20H2,1-4H3/q+1/p+1. The normalized spacial score (nSPS) is 14.8. The van der Waals surface area contributed by atoms with E-state index in [9.17, 15) is 5.11 Å². The lowest BCUT2D eigenvalue weighted by atomic mass is 9.91. The molecular formula is C37H34N2O7+2. The Labute approximate surface area is 266 Å². The maximum absolute atomic E-state index is 12.0. The van der Waals surface area contributed by atoms with Gasteiger partial charge in [-0.1, -0.05) is 12.1 Å². The van der Waals surface area contributed by atoms with Crippen LogP contribution in [0.2, 0.25) is 0 Å². The first-order valence-electron chi connectivity index (χ1n) is 15.3. The van der Waals surface area contributed by atoms with Gasteiger partial charge in [0.2, 0.25) is 18.3 Å². The summed E-state index contributed by atoms with van der Waals surface area (Å²) in [6, 6.07) is 20.1. The van der Waals surface area contributed by atoms with Crippen molar-refractivity contribution < 1.29 is 42.7 Å². The number of methoxy groups -OCH3 is 2. The van der Waals surface area contributed by atoms with Gasteiger partial charge < -0.3 is 33.5 Å². The van der Waals surface area contributed by atoms with Gasteiger partial charge in [-0.3, -0.25) is 0 Å². The molecule has 0 aliphatic carbocycles. The lowest BCUT2D eigenvalue weighted by molar-refractivity contribution is -0.677. The number of nitrogens with zero attached hydrogens (tertiary/aromatic N) is 2. The van der Waals surface area contributed by atoms with E-state index >= 15 is 0 Å². The van der Waals surface area contributed by atoms with Crippen LogP contribution in [-0.2, 0) is 26.3 Å². The van der Waals surface area contributed by atoms with Crippen molar-refractivity contribution in [1.82, 2.24) is 0 Å². The highest BCUT2D eigenvalue weighted by atomic mass is 16.7. The van der Waals surface area contributed by atoms with Crippen LogP contribution in [0.25, 0.3) is 10.8 Å². The molecule has 9 nitrogen and oxygen atoms in total. The van der Waals surface area contributed by atoms with Crippen molar-refractivity contribution in [2.45, 2.75) is 19.3 Å². The van der Waals surface area contributed by atoms with Gasteiger partial charge in [0.25, 0.3) is 0 Å². The van der Waals surface area contributed by atoms with Crippen molar-refractivity contribution in [1.29, 1.82) is 0 Å². The molecule has 9 rings (SSSR count). The van der Waals surface area contributed by atoms with Crippen LogP contribution in [0.1, 0.15) is 27.9 Å². The molecule has 0 atom stereocenters. The highest BCUT2D eigenvalue weighted by molar-refractivity contribution is 6.04. The van der Waals surface area contributed by atoms with Gasteiger partial charge in [-0.15, -0.1) is 0 Å². The van der Waals surface area contributed by atoms with Crippen LogP contribution in [0.5, 0.6) is 51.7 Å². The number of rotatable bonds is 2. The number of phenolic OH excluding ortho intramolecular Hbond substituents is 1. The Bertz CT molecular complexity index is 2090. The average molecular weight is 619 g/mol. The number of phenols is 1. The van der Waals surface area contributed by atoms with Crippen molar-refractivity contribution in [3.8, 4) is 51.7 Å². The second kappa shape index (κ2) is 10.9. The molecule has 1 aromatic heterocycles. The summed E-state index contributed by atoms with van der Waals surface area (Å²) >= 11 is 0. The second-order valence-corrected chi connectivity index (χ2v) is 11.9. The molecule has 0 amide bonds. The molecular weight excluding hydrogens is 584 g/mol. The molecule has 0 spiro atoms. The van der Waals surface area contributed by atoms with E-state index in [0.717, 1.165) is 57.4 Å². The van der Waals surface area contributed by atoms with Gasteiger partial charge in [-0.05, 0) is 64.5 Å². The molecule has 5 heterocycles. The summed E-state index contributed by atoms with van der Waals surface area (Å²) in [5, 5.41) is 14.0. The molecule has 4 aliphatic heterocycles. The predicted octanol–water partition coefficient (Wildman–Crippen LogP) is 5.83. The zero-order valence-corrected chi connectivity index (χ0v) is 26.2. The highest BCUT2D eigenvalue weighted by Gasteiger charge is 2.33. The van der Waals surface area contributed by atoms with Crippen LogP contribution in [0, 0.1) is 0 Å². The Hall–Kier alpha value is -5.44. The first-order chi connectivity index (χ1) is 22.4. The van der Waals surface area contributed by atoms with E-state index in [2.05, 4.69) is 27.3 Å². The Kier molecular flexibility index (Phi) is 6.63. The van der Waals surface area contributed by atoms with E-state index in [0.29, 0.717) is 53.1 Å². The SMILES string of the molecule is COc1cc2cc[n+](C)c3c2cc1Oc1c(OC)cc2c(c1O)C(=[N+](C)CC2)Cc1cc2c(c(c1)Oc1ccc(cc1)C3)OCO2. The fourth-order valence-electron chi connectivity index (χ4n) is 6.69. The van der Waals surface area contributed by atoms with Crippen LogP contribution in [0.4, 0.5) is 0 Å². The van der Waals surface area contributed by atoms with Crippen LogP contribution in [0.3, 0.4) is 0 Å². The lowest BCUT2D eigenvalue weighted by Gasteiger charge is -2.22. The number of benzene rings is 4. The fraction of sp³-hybridized carbons (Fsp3) is 0.243. The Morgan fingerprint density at radius 3 is 2.37 bits per heavy atom. The van der Waals surface area contributed by atoms with Crippen LogP contribution < -0.4 is 33.0 Å². The number of likely N-dealkylation sites (N-methyl/N-ethyl adjacent to an activating group) is 1. The molecule has 0 saturated carbocycles. The first kappa shape index (κ1) is 28.1. The maximum Gasteiger partial charge on any atom is 0.231 e. The van der Waals surface area contributed by atoms with Gasteiger partial charge in [0.05, 0.1) is 38.0 Å². The summed E-state index contributed by atoms with van der Waals surface area (Å²) in [6.07, 6.45) is 3.96. The third-order valence-corrected chi connectivity index (χ3v) is 9.14. The van der Waals surface area contributed by atoms with Gasteiger partial charge in [0.15, 0.2) is 52.1 Å². The Balaban J connectivity index is 1.38. The summed E-state index contributed by atoms with van der Waals surface area (Å²) in [7, 11) is 7.28. The summed E-state index contributed by atoms with van der Waals surface area (Å²) in [5.41, 5.74) is 5.81. The lowest BCUT2D eigenvalue weighted by Crippen LogP contribution is -2.33. The van der Waals surface area contributed by atoms with Crippen molar-refractivity contribution in [2.24, 2.45) is 7.05 Å². The van der Waals surface area contributed by atoms with Gasteiger partial charge in [0.1, 0.15) is 26.4 Å². The van der Waals surface area contributed by atoms with Gasteiger partial charge in [0, 0.05) is 12.5 Å². The first-order valence-corrected chi connectivity index (χ1v) is 15.3. The number of aromatic nitrogens is 1. The number of ether oxygens (including phenoxy) is 6. The van der Waals surface area contributed by atoms with Crippen molar-refractivity contribution in [3.63, 3.8) is 0 Å². The largest absolute Gasteiger partial charge is 0.504 e. The summed E-state index contributed by atoms with van der Waals surface area (Å²) in [4.78, 5) is 0. The van der Waals surface area contributed by atoms with E-state index in [4.69, 9.17) is 28.4 Å². The molecule has 0 fully saturated rings. The number of aromatic hydroxyl groups is 1. The number of hydrogen-bond acceptors (Lipinski definition) is 7. The molecule has 8 bridgehead atoms. The van der Waals surface area contributed by atoms with Crippen molar-refractivity contribution in [3.05, 3.63) is 94.8 Å². The highest BCUT2D eigenvalue weighted by Crippen LogP contribution is 2.48. The number of pyridine rings is 1. The van der Waals surface area contributed by atoms with Crippen molar-refractivity contribution in [2.75, 3.05) is 34.6 Å². The van der Waals surface area contributed by atoms with E-state index in [1.54, 1.807) is 14.2 Å². The molecule has 4 aliphatic rings. The molecule has 0 radical (unpaired) electrons. The molecule has 232 valence electrons. The van der Waals surface area contributed by atoms with Crippen LogP contribution in [-0.4, -0.2) is 50.0 Å². The smallest absolute Gasteiger partial charge is 0.231 e. The van der Waals surface area contributed by atoms with E-state index < -0.39 is 0 Å². The number of fused-ring (bicyclic) bond motifs is 3. The zero-order chi connectivity index (χ0) is 31.5. The van der Waals surface area contributed by atoms with Gasteiger partial charge in [-0.2, -0.15) is 0 Å². The quantitative estimate of drug-likeness (QED) is 0.249. The van der Waals surface area contributed by atoms with E-state index in [-0.39, 0.29) is 18.3 Å². The summed E-state index contributed by atoms with van der Waals surface area (Å²) in [5.74, 6) is 4.21. The molecule has 4 aromatic carbocycles. The topological polar surface area (TPSA) is 82.5 Å². The van der Waals surface area contributed by atoms with Crippen LogP contribution in [0.15, 0.2) is 66.9 Å². The number of aryl methyl sites for hydroxylation is 1. The minimum atomic E-state index is 0.0181. The molecule has 46 heavy (non-hydrogen) atoms. The Morgan fingerprint density at radius 2 is 1.57 bits per heavy atom. The van der Waals surface area contributed by atoms with Gasteiger partial charge >= 0.3 is 0 Å². The zero-order valence-electron chi connectivity index (χ0n) is 26.2. The van der Waals surface area contributed by atoms with Gasteiger partial charge in [-0.25, -0.2) is 9.14 Å². The molecule has 1 N–H and O–H groups in total. The second-order valence-electron chi connectivity index (χ2n) is 11.9. The van der Waals surface area contributed by atoms with Crippen molar-refractivity contribution >= 4 is 16.5 Å². The Morgan fingerprint density at radius 1 is 0.761 bits per heavy atom. The third kappa shape index (κ3) is 4.62. The van der Waals surface area contributed by atoms with E-state index in [1.165, 1.54) is 0 Å². The molecule has 0 unspecified atom stereocenters. The predicted molar refractivity (Wildman–Crippen MR) is 171 cm³/mol. The fourth-order valence-corrected chi connectivity index (χ4v) is 6.69. The monoisotopic (exact) mass is 618 g/mol. The molecule has 5 aromatic rings. The molecule has 0 saturated heterocycles. The molecule has 9 heteroatoms. The third-order valence-electron chi connectivity index (χ3n) is 9.14. The minimum Gasteiger partial charge on any atom is -0.504 e.